The molecule has 2 rings (SSSR count). The summed E-state index contributed by atoms with van der Waals surface area (Å²) < 4.78 is 0. The number of carbonyl (C=O) groups is 1. The highest BCUT2D eigenvalue weighted by Crippen LogP contribution is 2.33. The first-order valence-electron chi connectivity index (χ1n) is 7.75. The van der Waals surface area contributed by atoms with E-state index < -0.39 is 5.60 Å². The Labute approximate surface area is 122 Å². The molecule has 0 aromatic heterocycles. The highest BCUT2D eigenvalue weighted by molar-refractivity contribution is 5.89. The molecule has 0 atom stereocenters. The summed E-state index contributed by atoms with van der Waals surface area (Å²) >= 11 is 0. The van der Waals surface area contributed by atoms with E-state index in [1.54, 1.807) is 0 Å². The van der Waals surface area contributed by atoms with E-state index in [1.165, 1.54) is 5.56 Å². The Hall–Kier alpha value is -1.15. The fourth-order valence-corrected chi connectivity index (χ4v) is 2.89. The number of aliphatic hydroxyl groups is 1. The number of carbonyl (C=O) groups excluding carboxylic acids is 1. The molecule has 0 heterocycles. The number of rotatable bonds is 4. The second kappa shape index (κ2) is 6.09. The van der Waals surface area contributed by atoms with Gasteiger partial charge in [-0.25, -0.2) is 0 Å². The molecule has 1 saturated carbocycles. The summed E-state index contributed by atoms with van der Waals surface area (Å²) in [5.74, 6) is 1.12. The maximum absolute atomic E-state index is 12.4. The number of hydrogen-bond donors (Lipinski definition) is 1. The van der Waals surface area contributed by atoms with Crippen LogP contribution in [0.4, 0.5) is 0 Å². The molecule has 2 nitrogen and oxygen atoms in total. The van der Waals surface area contributed by atoms with Gasteiger partial charge in [0.25, 0.3) is 0 Å². The molecular formula is C18H26O2. The van der Waals surface area contributed by atoms with Crippen LogP contribution in [0.15, 0.2) is 24.3 Å². The lowest BCUT2D eigenvalue weighted by Gasteiger charge is -2.33. The minimum Gasteiger partial charge on any atom is -0.382 e. The largest absolute Gasteiger partial charge is 0.382 e. The molecule has 0 radical (unpaired) electrons. The van der Waals surface area contributed by atoms with Gasteiger partial charge in [-0.05, 0) is 48.6 Å². The number of ketones is 1. The predicted octanol–water partition coefficient (Wildman–Crippen LogP) is 3.86. The van der Waals surface area contributed by atoms with Gasteiger partial charge in [-0.2, -0.15) is 0 Å². The molecule has 2 heteroatoms. The van der Waals surface area contributed by atoms with Gasteiger partial charge in [0, 0.05) is 6.42 Å². The Morgan fingerprint density at radius 3 is 2.30 bits per heavy atom. The minimum absolute atomic E-state index is 0.0123. The molecule has 20 heavy (non-hydrogen) atoms. The zero-order valence-electron chi connectivity index (χ0n) is 12.9. The number of hydrogen-bond acceptors (Lipinski definition) is 2. The zero-order chi connectivity index (χ0) is 14.8. The van der Waals surface area contributed by atoms with Gasteiger partial charge in [-0.3, -0.25) is 4.79 Å². The first-order chi connectivity index (χ1) is 9.40. The molecule has 0 spiro atoms. The van der Waals surface area contributed by atoms with Gasteiger partial charge in [0.15, 0.2) is 5.78 Å². The van der Waals surface area contributed by atoms with Crippen molar-refractivity contribution in [2.45, 2.75) is 64.4 Å². The Balaban J connectivity index is 2.00. The number of Topliss-reactive ketones (excluding diaryl/α,β-unsaturated/α-hetero) is 1. The summed E-state index contributed by atoms with van der Waals surface area (Å²) in [5, 5.41) is 10.5. The predicted molar refractivity (Wildman–Crippen MR) is 81.8 cm³/mol. The average Bonchev–Trinajstić information content (AvgIpc) is 2.43. The summed E-state index contributed by atoms with van der Waals surface area (Å²) in [6, 6.07) is 8.20. The third-order valence-corrected chi connectivity index (χ3v) is 4.63. The molecule has 1 fully saturated rings. The maximum atomic E-state index is 12.4. The van der Waals surface area contributed by atoms with E-state index in [-0.39, 0.29) is 5.78 Å². The van der Waals surface area contributed by atoms with Crippen LogP contribution in [-0.4, -0.2) is 16.5 Å². The quantitative estimate of drug-likeness (QED) is 0.905. The highest BCUT2D eigenvalue weighted by Gasteiger charge is 2.38. The second-order valence-corrected chi connectivity index (χ2v) is 6.71. The van der Waals surface area contributed by atoms with Gasteiger partial charge < -0.3 is 5.11 Å². The molecule has 0 saturated heterocycles. The van der Waals surface area contributed by atoms with Gasteiger partial charge in [-0.15, -0.1) is 0 Å². The monoisotopic (exact) mass is 274 g/mol. The molecular weight excluding hydrogens is 248 g/mol. The Morgan fingerprint density at radius 2 is 1.80 bits per heavy atom. The Bertz CT molecular complexity index is 451. The van der Waals surface area contributed by atoms with Crippen molar-refractivity contribution in [2.24, 2.45) is 5.92 Å². The van der Waals surface area contributed by atoms with E-state index in [9.17, 15) is 9.90 Å². The highest BCUT2D eigenvalue weighted by atomic mass is 16.3. The van der Waals surface area contributed by atoms with Gasteiger partial charge in [0.05, 0.1) is 0 Å². The van der Waals surface area contributed by atoms with Crippen molar-refractivity contribution < 1.29 is 9.90 Å². The summed E-state index contributed by atoms with van der Waals surface area (Å²) in [4.78, 5) is 12.4. The first-order valence-corrected chi connectivity index (χ1v) is 7.75. The average molecular weight is 274 g/mol. The topological polar surface area (TPSA) is 37.3 Å². The van der Waals surface area contributed by atoms with Gasteiger partial charge in [0.2, 0.25) is 0 Å². The summed E-state index contributed by atoms with van der Waals surface area (Å²) in [6.07, 6.45) is 3.50. The standard InChI is InChI=1S/C18H26O2/c1-13(2)16-6-4-15(5-7-16)12-17(19)18(20)10-8-14(3)9-11-18/h4-7,13-14,20H,8-12H2,1-3H3. The van der Waals surface area contributed by atoms with Crippen molar-refractivity contribution in [2.75, 3.05) is 0 Å². The molecule has 1 aromatic rings. The van der Waals surface area contributed by atoms with E-state index in [0.717, 1.165) is 18.4 Å². The van der Waals surface area contributed by atoms with E-state index in [4.69, 9.17) is 0 Å². The van der Waals surface area contributed by atoms with Crippen LogP contribution in [0.25, 0.3) is 0 Å². The third kappa shape index (κ3) is 3.49. The summed E-state index contributed by atoms with van der Waals surface area (Å²) in [6.45, 7) is 6.51. The van der Waals surface area contributed by atoms with E-state index >= 15 is 0 Å². The van der Waals surface area contributed by atoms with Crippen molar-refractivity contribution in [1.29, 1.82) is 0 Å². The van der Waals surface area contributed by atoms with Crippen LogP contribution in [-0.2, 0) is 11.2 Å². The van der Waals surface area contributed by atoms with Crippen molar-refractivity contribution in [3.05, 3.63) is 35.4 Å². The third-order valence-electron chi connectivity index (χ3n) is 4.63. The smallest absolute Gasteiger partial charge is 0.168 e. The fourth-order valence-electron chi connectivity index (χ4n) is 2.89. The maximum Gasteiger partial charge on any atom is 0.168 e. The van der Waals surface area contributed by atoms with Crippen LogP contribution in [0, 0.1) is 5.92 Å². The summed E-state index contributed by atoms with van der Waals surface area (Å²) in [7, 11) is 0. The van der Waals surface area contributed by atoms with Gasteiger partial charge >= 0.3 is 0 Å². The van der Waals surface area contributed by atoms with E-state index in [0.29, 0.717) is 31.1 Å². The van der Waals surface area contributed by atoms with Crippen LogP contribution in [0.5, 0.6) is 0 Å². The van der Waals surface area contributed by atoms with E-state index in [2.05, 4.69) is 32.9 Å². The second-order valence-electron chi connectivity index (χ2n) is 6.71. The lowest BCUT2D eigenvalue weighted by atomic mass is 9.76. The first kappa shape index (κ1) is 15.2. The molecule has 0 amide bonds. The lowest BCUT2D eigenvalue weighted by Crippen LogP contribution is -2.42. The normalized spacial score (nSPS) is 26.8. The number of benzene rings is 1. The van der Waals surface area contributed by atoms with Crippen molar-refractivity contribution in [3.8, 4) is 0 Å². The molecule has 1 aliphatic rings. The van der Waals surface area contributed by atoms with Gasteiger partial charge in [0.1, 0.15) is 5.60 Å². The molecule has 1 N–H and O–H groups in total. The Morgan fingerprint density at radius 1 is 1.25 bits per heavy atom. The molecule has 0 unspecified atom stereocenters. The SMILES string of the molecule is CC1CCC(O)(C(=O)Cc2ccc(C(C)C)cc2)CC1. The fraction of sp³-hybridized carbons (Fsp3) is 0.611. The Kier molecular flexibility index (Phi) is 4.64. The molecule has 110 valence electrons. The zero-order valence-corrected chi connectivity index (χ0v) is 12.9. The lowest BCUT2D eigenvalue weighted by molar-refractivity contribution is -0.140. The molecule has 0 bridgehead atoms. The molecule has 1 aromatic carbocycles. The van der Waals surface area contributed by atoms with Crippen molar-refractivity contribution >= 4 is 5.78 Å². The molecule has 0 aliphatic heterocycles. The molecule has 1 aliphatic carbocycles. The van der Waals surface area contributed by atoms with Crippen LogP contribution in [0.1, 0.15) is 63.5 Å². The minimum atomic E-state index is -1.08. The van der Waals surface area contributed by atoms with Gasteiger partial charge in [-0.1, -0.05) is 45.0 Å². The summed E-state index contributed by atoms with van der Waals surface area (Å²) in [5.41, 5.74) is 1.21. The van der Waals surface area contributed by atoms with Crippen molar-refractivity contribution in [1.82, 2.24) is 0 Å². The van der Waals surface area contributed by atoms with Crippen LogP contribution in [0.3, 0.4) is 0 Å². The van der Waals surface area contributed by atoms with Crippen LogP contribution in [0.2, 0.25) is 0 Å². The van der Waals surface area contributed by atoms with E-state index in [1.807, 2.05) is 12.1 Å². The van der Waals surface area contributed by atoms with Crippen molar-refractivity contribution in [3.63, 3.8) is 0 Å². The van der Waals surface area contributed by atoms with Crippen LogP contribution >= 0.6 is 0 Å². The van der Waals surface area contributed by atoms with Crippen LogP contribution < -0.4 is 0 Å².